The molecule has 1 aliphatic rings. The molecular formula is C17H14N2OS2. The van der Waals surface area contributed by atoms with Gasteiger partial charge in [0.05, 0.1) is 16.3 Å². The van der Waals surface area contributed by atoms with Crippen LogP contribution in [0.25, 0.3) is 6.08 Å². The molecule has 1 amide bonds. The number of hydrogen-bond donors (Lipinski definition) is 0. The van der Waals surface area contributed by atoms with Crippen LogP contribution in [0, 0.1) is 13.8 Å². The van der Waals surface area contributed by atoms with Gasteiger partial charge in [-0.1, -0.05) is 36.1 Å². The molecule has 22 heavy (non-hydrogen) atoms. The summed E-state index contributed by atoms with van der Waals surface area (Å²) in [5, 5.41) is 0. The van der Waals surface area contributed by atoms with Gasteiger partial charge in [-0.2, -0.15) is 0 Å². The minimum atomic E-state index is -0.0936. The van der Waals surface area contributed by atoms with Crippen LogP contribution >= 0.6 is 24.0 Å². The van der Waals surface area contributed by atoms with Crippen molar-refractivity contribution in [2.45, 2.75) is 13.8 Å². The average molecular weight is 326 g/mol. The number of hydrogen-bond acceptors (Lipinski definition) is 4. The van der Waals surface area contributed by atoms with E-state index >= 15 is 0 Å². The highest BCUT2D eigenvalue weighted by Crippen LogP contribution is 2.36. The van der Waals surface area contributed by atoms with Crippen LogP contribution in [0.5, 0.6) is 0 Å². The van der Waals surface area contributed by atoms with Gasteiger partial charge >= 0.3 is 0 Å². The van der Waals surface area contributed by atoms with Gasteiger partial charge in [-0.25, -0.2) is 0 Å². The molecule has 0 N–H and O–H groups in total. The summed E-state index contributed by atoms with van der Waals surface area (Å²) < 4.78 is 0.551. The average Bonchev–Trinajstić information content (AvgIpc) is 2.78. The number of amides is 1. The van der Waals surface area contributed by atoms with Crippen molar-refractivity contribution >= 4 is 46.0 Å². The molecule has 0 unspecified atom stereocenters. The Morgan fingerprint density at radius 1 is 1.18 bits per heavy atom. The van der Waals surface area contributed by atoms with Gasteiger partial charge in [-0.3, -0.25) is 14.7 Å². The molecule has 0 saturated carbocycles. The van der Waals surface area contributed by atoms with Gasteiger partial charge in [-0.15, -0.1) is 0 Å². The van der Waals surface area contributed by atoms with Crippen LogP contribution < -0.4 is 4.90 Å². The van der Waals surface area contributed by atoms with Crippen LogP contribution in [-0.4, -0.2) is 15.2 Å². The van der Waals surface area contributed by atoms with Crippen molar-refractivity contribution in [3.63, 3.8) is 0 Å². The Morgan fingerprint density at radius 3 is 2.68 bits per heavy atom. The largest absolute Gasteiger partial charge is 0.270 e. The van der Waals surface area contributed by atoms with E-state index in [4.69, 9.17) is 12.2 Å². The highest BCUT2D eigenvalue weighted by molar-refractivity contribution is 8.27. The molecule has 1 aliphatic heterocycles. The Balaban J connectivity index is 1.95. The second-order valence-corrected chi connectivity index (χ2v) is 6.72. The molecule has 2 heterocycles. The molecule has 3 nitrogen and oxygen atoms in total. The maximum absolute atomic E-state index is 12.6. The summed E-state index contributed by atoms with van der Waals surface area (Å²) in [6.45, 7) is 4.07. The minimum absolute atomic E-state index is 0.0936. The van der Waals surface area contributed by atoms with Crippen molar-refractivity contribution in [2.75, 3.05) is 4.90 Å². The minimum Gasteiger partial charge on any atom is -0.268 e. The Kier molecular flexibility index (Phi) is 4.09. The number of benzene rings is 1. The Labute approximate surface area is 139 Å². The number of carbonyl (C=O) groups is 1. The fraction of sp³-hybridized carbons (Fsp3) is 0.118. The van der Waals surface area contributed by atoms with E-state index in [1.807, 2.05) is 50.2 Å². The van der Waals surface area contributed by atoms with E-state index in [-0.39, 0.29) is 5.91 Å². The van der Waals surface area contributed by atoms with E-state index in [2.05, 4.69) is 4.98 Å². The molecular weight excluding hydrogens is 312 g/mol. The molecule has 0 spiro atoms. The van der Waals surface area contributed by atoms with Crippen molar-refractivity contribution in [1.82, 2.24) is 4.98 Å². The number of rotatable bonds is 2. The van der Waals surface area contributed by atoms with Crippen molar-refractivity contribution in [3.8, 4) is 0 Å². The van der Waals surface area contributed by atoms with Crippen molar-refractivity contribution in [2.24, 2.45) is 0 Å². The first kappa shape index (κ1) is 14.9. The summed E-state index contributed by atoms with van der Waals surface area (Å²) in [6, 6.07) is 11.5. The molecule has 0 atom stereocenters. The van der Waals surface area contributed by atoms with Crippen molar-refractivity contribution in [3.05, 3.63) is 64.3 Å². The molecule has 3 rings (SSSR count). The SMILES string of the molecule is Cc1ccc(N2C(=O)/C(=C\c3ccccn3)SC2=S)cc1C. The molecule has 0 aliphatic carbocycles. The number of pyridine rings is 1. The number of aromatic nitrogens is 1. The van der Waals surface area contributed by atoms with Crippen molar-refractivity contribution in [1.29, 1.82) is 0 Å². The standard InChI is InChI=1S/C17H14N2OS2/c1-11-6-7-14(9-12(11)2)19-16(20)15(22-17(19)21)10-13-5-3-4-8-18-13/h3-10H,1-2H3/b15-10+. The number of nitrogens with zero attached hydrogens (tertiary/aromatic N) is 2. The smallest absolute Gasteiger partial charge is 0.268 e. The summed E-state index contributed by atoms with van der Waals surface area (Å²) in [5.74, 6) is -0.0936. The van der Waals surface area contributed by atoms with E-state index in [0.29, 0.717) is 9.23 Å². The number of anilines is 1. The summed E-state index contributed by atoms with van der Waals surface area (Å²) in [7, 11) is 0. The summed E-state index contributed by atoms with van der Waals surface area (Å²) in [4.78, 5) is 19.0. The van der Waals surface area contributed by atoms with Crippen LogP contribution in [-0.2, 0) is 4.79 Å². The van der Waals surface area contributed by atoms with Crippen LogP contribution in [0.1, 0.15) is 16.8 Å². The van der Waals surface area contributed by atoms with E-state index in [1.165, 1.54) is 17.3 Å². The predicted molar refractivity (Wildman–Crippen MR) is 95.8 cm³/mol. The van der Waals surface area contributed by atoms with Crippen LogP contribution in [0.3, 0.4) is 0 Å². The first-order chi connectivity index (χ1) is 10.6. The van der Waals surface area contributed by atoms with Crippen LogP contribution in [0.15, 0.2) is 47.5 Å². The highest BCUT2D eigenvalue weighted by atomic mass is 32.2. The van der Waals surface area contributed by atoms with E-state index in [0.717, 1.165) is 16.9 Å². The van der Waals surface area contributed by atoms with Crippen molar-refractivity contribution < 1.29 is 4.79 Å². The van der Waals surface area contributed by atoms with Gasteiger partial charge in [0.15, 0.2) is 4.32 Å². The maximum atomic E-state index is 12.6. The van der Waals surface area contributed by atoms with Gasteiger partial charge in [0.1, 0.15) is 0 Å². The zero-order chi connectivity index (χ0) is 15.7. The molecule has 1 aromatic heterocycles. The normalized spacial score (nSPS) is 16.6. The molecule has 1 saturated heterocycles. The van der Waals surface area contributed by atoms with Crippen LogP contribution in [0.4, 0.5) is 5.69 Å². The monoisotopic (exact) mass is 326 g/mol. The van der Waals surface area contributed by atoms with Gasteiger partial charge in [0, 0.05) is 6.20 Å². The quantitative estimate of drug-likeness (QED) is 0.614. The number of aryl methyl sites for hydroxylation is 2. The molecule has 1 fully saturated rings. The number of thiocarbonyl (C=S) groups is 1. The Bertz CT molecular complexity index is 785. The van der Waals surface area contributed by atoms with Gasteiger partial charge in [0.2, 0.25) is 0 Å². The van der Waals surface area contributed by atoms with Gasteiger partial charge in [0.25, 0.3) is 5.91 Å². The molecule has 5 heteroatoms. The molecule has 0 bridgehead atoms. The van der Waals surface area contributed by atoms with E-state index in [9.17, 15) is 4.79 Å². The summed E-state index contributed by atoms with van der Waals surface area (Å²) in [5.41, 5.74) is 3.90. The fourth-order valence-electron chi connectivity index (χ4n) is 2.15. The van der Waals surface area contributed by atoms with E-state index < -0.39 is 0 Å². The summed E-state index contributed by atoms with van der Waals surface area (Å²) in [6.07, 6.45) is 3.48. The fourth-order valence-corrected chi connectivity index (χ4v) is 3.43. The number of thioether (sulfide) groups is 1. The number of carbonyl (C=O) groups excluding carboxylic acids is 1. The van der Waals surface area contributed by atoms with Gasteiger partial charge < -0.3 is 0 Å². The lowest BCUT2D eigenvalue weighted by atomic mass is 10.1. The summed E-state index contributed by atoms with van der Waals surface area (Å²) >= 11 is 6.69. The lowest BCUT2D eigenvalue weighted by Gasteiger charge is -2.15. The first-order valence-corrected chi connectivity index (χ1v) is 8.05. The third-order valence-corrected chi connectivity index (χ3v) is 4.81. The lowest BCUT2D eigenvalue weighted by molar-refractivity contribution is -0.113. The highest BCUT2D eigenvalue weighted by Gasteiger charge is 2.33. The predicted octanol–water partition coefficient (Wildman–Crippen LogP) is 4.10. The second kappa shape index (κ2) is 6.02. The molecule has 110 valence electrons. The molecule has 0 radical (unpaired) electrons. The zero-order valence-corrected chi connectivity index (χ0v) is 13.9. The topological polar surface area (TPSA) is 33.2 Å². The van der Waals surface area contributed by atoms with E-state index in [1.54, 1.807) is 17.2 Å². The maximum Gasteiger partial charge on any atom is 0.270 e. The lowest BCUT2D eigenvalue weighted by Crippen LogP contribution is -2.27. The van der Waals surface area contributed by atoms with Crippen LogP contribution in [0.2, 0.25) is 0 Å². The third kappa shape index (κ3) is 2.82. The molecule has 2 aromatic rings. The first-order valence-electron chi connectivity index (χ1n) is 6.82. The second-order valence-electron chi connectivity index (χ2n) is 5.04. The third-order valence-electron chi connectivity index (χ3n) is 3.51. The Morgan fingerprint density at radius 2 is 2.00 bits per heavy atom. The molecule has 1 aromatic carbocycles. The zero-order valence-electron chi connectivity index (χ0n) is 12.2. The Hall–Kier alpha value is -1.98. The van der Waals surface area contributed by atoms with Gasteiger partial charge in [-0.05, 0) is 55.3 Å².